The molecule has 2 N–H and O–H groups in total. The molecule has 0 aliphatic carbocycles. The number of ketones is 2. The molecule has 0 aromatic heterocycles. The molecule has 0 aliphatic heterocycles. The van der Waals surface area contributed by atoms with E-state index in [0.29, 0.717) is 39.7 Å². The van der Waals surface area contributed by atoms with Gasteiger partial charge < -0.3 is 15.2 Å². The van der Waals surface area contributed by atoms with Gasteiger partial charge in [-0.3, -0.25) is 19.2 Å². The van der Waals surface area contributed by atoms with Gasteiger partial charge in [-0.25, -0.2) is 0 Å². The molecule has 220 valence electrons. The molecule has 43 heavy (non-hydrogen) atoms. The van der Waals surface area contributed by atoms with Gasteiger partial charge in [-0.05, 0) is 72.0 Å². The number of para-hydroxylation sites is 1. The number of Topliss-reactive ketones (excluding diaryl/α,β-unsaturated/α-hetero) is 2. The third-order valence-electron chi connectivity index (χ3n) is 6.94. The zero-order valence-electron chi connectivity index (χ0n) is 24.3. The molecule has 4 rings (SSSR count). The van der Waals surface area contributed by atoms with Crippen LogP contribution in [0.15, 0.2) is 103 Å². The average Bonchev–Trinajstić information content (AvgIpc) is 3.00. The van der Waals surface area contributed by atoms with Crippen LogP contribution in [0.2, 0.25) is 0 Å². The molecule has 4 aromatic carbocycles. The van der Waals surface area contributed by atoms with E-state index >= 15 is 0 Å². The van der Waals surface area contributed by atoms with Gasteiger partial charge in [0.1, 0.15) is 11.5 Å². The lowest BCUT2D eigenvalue weighted by atomic mass is 9.84. The van der Waals surface area contributed by atoms with E-state index in [1.54, 1.807) is 60.7 Å². The minimum absolute atomic E-state index is 0.00745. The number of carboxylic acids is 1. The smallest absolute Gasteiger partial charge is 0.305 e. The third-order valence-corrected chi connectivity index (χ3v) is 6.94. The Kier molecular flexibility index (Phi) is 10.6. The molecule has 1 amide bonds. The lowest BCUT2D eigenvalue weighted by Gasteiger charge is -2.17. The molecular formula is C36H35NO6. The van der Waals surface area contributed by atoms with Crippen molar-refractivity contribution in [2.75, 3.05) is 6.54 Å². The number of nitrogens with one attached hydrogen (secondary N) is 1. The number of benzene rings is 4. The van der Waals surface area contributed by atoms with Crippen LogP contribution in [-0.4, -0.2) is 35.1 Å². The molecule has 1 unspecified atom stereocenters. The van der Waals surface area contributed by atoms with Crippen LogP contribution in [0.1, 0.15) is 74.8 Å². The van der Waals surface area contributed by atoms with Gasteiger partial charge in [0.15, 0.2) is 11.6 Å². The topological polar surface area (TPSA) is 110 Å². The molecular weight excluding hydrogens is 542 g/mol. The number of amides is 1. The second-order valence-corrected chi connectivity index (χ2v) is 10.8. The van der Waals surface area contributed by atoms with E-state index in [4.69, 9.17) is 9.84 Å². The van der Waals surface area contributed by atoms with E-state index in [1.165, 1.54) is 0 Å². The monoisotopic (exact) mass is 577 g/mol. The summed E-state index contributed by atoms with van der Waals surface area (Å²) in [7, 11) is 0. The molecule has 0 fully saturated rings. The maximum Gasteiger partial charge on any atom is 0.305 e. The summed E-state index contributed by atoms with van der Waals surface area (Å²) in [6, 6.07) is 30.2. The fourth-order valence-corrected chi connectivity index (χ4v) is 4.73. The number of carbonyl (C=O) groups is 4. The molecule has 0 saturated carbocycles. The molecule has 1 atom stereocenters. The number of hydrogen-bond donors (Lipinski definition) is 2. The lowest BCUT2D eigenvalue weighted by Crippen LogP contribution is -2.26. The minimum atomic E-state index is -1.00. The van der Waals surface area contributed by atoms with E-state index in [2.05, 4.69) is 19.2 Å². The quantitative estimate of drug-likeness (QED) is 0.154. The van der Waals surface area contributed by atoms with E-state index in [1.807, 2.05) is 42.5 Å². The molecule has 0 heterocycles. The summed E-state index contributed by atoms with van der Waals surface area (Å²) >= 11 is 0. The summed E-state index contributed by atoms with van der Waals surface area (Å²) in [6.07, 6.45) is 0.657. The van der Waals surface area contributed by atoms with Crippen molar-refractivity contribution in [3.05, 3.63) is 131 Å². The molecule has 7 heteroatoms. The summed E-state index contributed by atoms with van der Waals surface area (Å²) in [5.74, 6) is -0.810. The fraction of sp³-hybridized carbons (Fsp3) is 0.222. The summed E-state index contributed by atoms with van der Waals surface area (Å²) in [5.41, 5.74) is 3.04. The first-order valence-corrected chi connectivity index (χ1v) is 14.3. The number of carbonyl (C=O) groups excluding carboxylic acids is 3. The number of aliphatic carboxylic acids is 1. The van der Waals surface area contributed by atoms with Gasteiger partial charge in [0.05, 0.1) is 12.3 Å². The Morgan fingerprint density at radius 2 is 1.30 bits per heavy atom. The Balaban J connectivity index is 1.54. The zero-order valence-corrected chi connectivity index (χ0v) is 24.3. The van der Waals surface area contributed by atoms with Gasteiger partial charge in [0, 0.05) is 29.7 Å². The van der Waals surface area contributed by atoms with Crippen molar-refractivity contribution in [2.45, 2.75) is 39.0 Å². The van der Waals surface area contributed by atoms with Crippen LogP contribution in [0.4, 0.5) is 0 Å². The van der Waals surface area contributed by atoms with Gasteiger partial charge in [-0.2, -0.15) is 0 Å². The van der Waals surface area contributed by atoms with Crippen LogP contribution in [0, 0.1) is 5.92 Å². The second kappa shape index (κ2) is 14.7. The molecule has 0 aliphatic rings. The van der Waals surface area contributed by atoms with Crippen molar-refractivity contribution < 1.29 is 29.0 Å². The van der Waals surface area contributed by atoms with Crippen molar-refractivity contribution in [1.82, 2.24) is 5.32 Å². The van der Waals surface area contributed by atoms with Gasteiger partial charge >= 0.3 is 5.97 Å². The summed E-state index contributed by atoms with van der Waals surface area (Å²) < 4.78 is 5.83. The van der Waals surface area contributed by atoms with Crippen molar-refractivity contribution in [2.24, 2.45) is 5.92 Å². The van der Waals surface area contributed by atoms with Crippen LogP contribution in [0.5, 0.6) is 11.5 Å². The first-order valence-electron chi connectivity index (χ1n) is 14.3. The van der Waals surface area contributed by atoms with Gasteiger partial charge in [0.25, 0.3) is 5.91 Å². The Labute approximate surface area is 251 Å². The Morgan fingerprint density at radius 3 is 1.91 bits per heavy atom. The van der Waals surface area contributed by atoms with Gasteiger partial charge in [-0.1, -0.05) is 68.4 Å². The highest BCUT2D eigenvalue weighted by molar-refractivity contribution is 6.06. The van der Waals surface area contributed by atoms with E-state index < -0.39 is 17.8 Å². The van der Waals surface area contributed by atoms with Crippen LogP contribution in [0.25, 0.3) is 0 Å². The van der Waals surface area contributed by atoms with Crippen LogP contribution in [-0.2, 0) is 11.2 Å². The molecule has 0 radical (unpaired) electrons. The Bertz CT molecular complexity index is 1540. The summed E-state index contributed by atoms with van der Waals surface area (Å²) in [6.45, 7) is 4.28. The van der Waals surface area contributed by atoms with Gasteiger partial charge in [-0.15, -0.1) is 0 Å². The lowest BCUT2D eigenvalue weighted by molar-refractivity contribution is -0.136. The number of rotatable bonds is 14. The van der Waals surface area contributed by atoms with E-state index in [9.17, 15) is 19.2 Å². The average molecular weight is 578 g/mol. The standard InChI is InChI=1S/C36H35NO6/c1-24(2)22-25-8-10-28(11-9-25)35(41)32(26-12-14-29(15-13-26)36(42)37-21-20-34(39)40)23-33(38)27-16-18-31(19-17-27)43-30-6-4-3-5-7-30/h3-19,24,32H,20-23H2,1-2H3,(H,37,42)(H,39,40). The molecule has 0 bridgehead atoms. The van der Waals surface area contributed by atoms with Crippen LogP contribution >= 0.6 is 0 Å². The highest BCUT2D eigenvalue weighted by Crippen LogP contribution is 2.28. The molecule has 0 spiro atoms. The number of carboxylic acid groups (broad SMARTS) is 1. The fourth-order valence-electron chi connectivity index (χ4n) is 4.73. The first kappa shape index (κ1) is 30.9. The maximum atomic E-state index is 13.8. The molecule has 7 nitrogen and oxygen atoms in total. The normalized spacial score (nSPS) is 11.5. The third kappa shape index (κ3) is 8.97. The van der Waals surface area contributed by atoms with Gasteiger partial charge in [0.2, 0.25) is 0 Å². The van der Waals surface area contributed by atoms with Crippen molar-refractivity contribution >= 4 is 23.4 Å². The Morgan fingerprint density at radius 1 is 0.721 bits per heavy atom. The maximum absolute atomic E-state index is 13.8. The number of hydrogen-bond acceptors (Lipinski definition) is 5. The van der Waals surface area contributed by atoms with Crippen molar-refractivity contribution in [3.63, 3.8) is 0 Å². The molecule has 4 aromatic rings. The SMILES string of the molecule is CC(C)Cc1ccc(C(=O)C(CC(=O)c2ccc(Oc3ccccc3)cc2)c2ccc(C(=O)NCCC(=O)O)cc2)cc1. The van der Waals surface area contributed by atoms with Crippen molar-refractivity contribution in [3.8, 4) is 11.5 Å². The predicted molar refractivity (Wildman–Crippen MR) is 165 cm³/mol. The minimum Gasteiger partial charge on any atom is -0.481 e. The second-order valence-electron chi connectivity index (χ2n) is 10.8. The highest BCUT2D eigenvalue weighted by atomic mass is 16.5. The number of ether oxygens (including phenoxy) is 1. The first-order chi connectivity index (χ1) is 20.7. The summed E-state index contributed by atoms with van der Waals surface area (Å²) in [5, 5.41) is 11.4. The van der Waals surface area contributed by atoms with Crippen molar-refractivity contribution in [1.29, 1.82) is 0 Å². The summed E-state index contributed by atoms with van der Waals surface area (Å²) in [4.78, 5) is 50.5. The zero-order chi connectivity index (χ0) is 30.8. The Hall–Kier alpha value is -5.04. The molecule has 0 saturated heterocycles. The van der Waals surface area contributed by atoms with E-state index in [-0.39, 0.29) is 31.0 Å². The largest absolute Gasteiger partial charge is 0.481 e. The van der Waals surface area contributed by atoms with Crippen LogP contribution < -0.4 is 10.1 Å². The van der Waals surface area contributed by atoms with Crippen LogP contribution in [0.3, 0.4) is 0 Å². The highest BCUT2D eigenvalue weighted by Gasteiger charge is 2.26. The predicted octanol–water partition coefficient (Wildman–Crippen LogP) is 7.12. The van der Waals surface area contributed by atoms with E-state index in [0.717, 1.165) is 12.0 Å².